The summed E-state index contributed by atoms with van der Waals surface area (Å²) in [7, 11) is 1.75. The maximum Gasteiger partial charge on any atom is 0.320 e. The van der Waals surface area contributed by atoms with E-state index < -0.39 is 12.1 Å². The van der Waals surface area contributed by atoms with Crippen LogP contribution in [0.3, 0.4) is 0 Å². The van der Waals surface area contributed by atoms with Gasteiger partial charge in [0.1, 0.15) is 0 Å². The van der Waals surface area contributed by atoms with Crippen LogP contribution in [0, 0.1) is 5.92 Å². The van der Waals surface area contributed by atoms with Gasteiger partial charge in [-0.15, -0.1) is 0 Å². The Bertz CT molecular complexity index is 388. The van der Waals surface area contributed by atoms with Gasteiger partial charge in [-0.2, -0.15) is 0 Å². The molecule has 0 aromatic heterocycles. The van der Waals surface area contributed by atoms with Crippen molar-refractivity contribution < 1.29 is 19.8 Å². The fourth-order valence-corrected chi connectivity index (χ4v) is 3.56. The van der Waals surface area contributed by atoms with Crippen LogP contribution in [0.1, 0.15) is 44.9 Å². The van der Waals surface area contributed by atoms with Crippen molar-refractivity contribution in [2.24, 2.45) is 5.92 Å². The van der Waals surface area contributed by atoms with Gasteiger partial charge in [0.25, 0.3) is 0 Å². The molecule has 21 heavy (non-hydrogen) atoms. The van der Waals surface area contributed by atoms with Crippen LogP contribution in [-0.4, -0.2) is 64.3 Å². The summed E-state index contributed by atoms with van der Waals surface area (Å²) >= 11 is 0. The van der Waals surface area contributed by atoms with Crippen LogP contribution in [0.25, 0.3) is 0 Å². The van der Waals surface area contributed by atoms with Gasteiger partial charge in [-0.25, -0.2) is 4.79 Å². The first kappa shape index (κ1) is 16.1. The minimum absolute atomic E-state index is 0.0462. The number of carboxylic acid groups (broad SMARTS) is 1. The Kier molecular flexibility index (Phi) is 5.45. The first-order valence-corrected chi connectivity index (χ1v) is 7.90. The van der Waals surface area contributed by atoms with E-state index in [1.807, 2.05) is 0 Å². The molecule has 0 aromatic carbocycles. The van der Waals surface area contributed by atoms with E-state index in [0.29, 0.717) is 13.1 Å². The second-order valence-electron chi connectivity index (χ2n) is 6.36. The largest absolute Gasteiger partial charge is 0.481 e. The van der Waals surface area contributed by atoms with Crippen molar-refractivity contribution in [3.63, 3.8) is 0 Å². The molecule has 6 nitrogen and oxygen atoms in total. The summed E-state index contributed by atoms with van der Waals surface area (Å²) < 4.78 is 0. The van der Waals surface area contributed by atoms with E-state index in [4.69, 9.17) is 5.11 Å². The number of hydrogen-bond donors (Lipinski definition) is 2. The molecule has 3 unspecified atom stereocenters. The van der Waals surface area contributed by atoms with Crippen LogP contribution in [0.4, 0.5) is 4.79 Å². The molecular formula is C15H26N2O4. The average molecular weight is 298 g/mol. The van der Waals surface area contributed by atoms with Crippen molar-refractivity contribution in [1.29, 1.82) is 0 Å². The highest BCUT2D eigenvalue weighted by Gasteiger charge is 2.33. The Morgan fingerprint density at radius 2 is 1.90 bits per heavy atom. The van der Waals surface area contributed by atoms with Crippen molar-refractivity contribution in [2.45, 2.75) is 57.1 Å². The molecule has 2 amide bonds. The minimum atomic E-state index is -0.801. The van der Waals surface area contributed by atoms with Gasteiger partial charge in [-0.3, -0.25) is 4.79 Å². The molecule has 1 saturated carbocycles. The van der Waals surface area contributed by atoms with E-state index in [0.717, 1.165) is 38.5 Å². The highest BCUT2D eigenvalue weighted by molar-refractivity contribution is 5.75. The molecule has 0 aromatic rings. The highest BCUT2D eigenvalue weighted by atomic mass is 16.4. The predicted molar refractivity (Wildman–Crippen MR) is 78.0 cm³/mol. The SMILES string of the molecule is CN(C(=O)N1CCCC(CC(=O)O)C1)C1CCCCC1O. The third-order valence-electron chi connectivity index (χ3n) is 4.75. The van der Waals surface area contributed by atoms with Crippen LogP contribution >= 0.6 is 0 Å². The molecule has 2 rings (SSSR count). The third kappa shape index (κ3) is 4.09. The Labute approximate surface area is 125 Å². The van der Waals surface area contributed by atoms with Crippen molar-refractivity contribution in [1.82, 2.24) is 9.80 Å². The topological polar surface area (TPSA) is 81.1 Å². The van der Waals surface area contributed by atoms with E-state index >= 15 is 0 Å². The van der Waals surface area contributed by atoms with Gasteiger partial charge < -0.3 is 20.0 Å². The quantitative estimate of drug-likeness (QED) is 0.828. The van der Waals surface area contributed by atoms with Crippen LogP contribution in [0.5, 0.6) is 0 Å². The number of rotatable bonds is 3. The van der Waals surface area contributed by atoms with E-state index in [1.54, 1.807) is 16.8 Å². The molecule has 0 radical (unpaired) electrons. The number of carbonyl (C=O) groups excluding carboxylic acids is 1. The molecule has 0 spiro atoms. The summed E-state index contributed by atoms with van der Waals surface area (Å²) in [5.74, 6) is -0.754. The molecule has 1 saturated heterocycles. The maximum atomic E-state index is 12.6. The zero-order valence-corrected chi connectivity index (χ0v) is 12.7. The number of likely N-dealkylation sites (tertiary alicyclic amines) is 1. The maximum absolute atomic E-state index is 12.6. The van der Waals surface area contributed by atoms with Gasteiger partial charge in [0, 0.05) is 26.6 Å². The Balaban J connectivity index is 1.93. The molecule has 2 N–H and O–H groups in total. The summed E-state index contributed by atoms with van der Waals surface area (Å²) in [4.78, 5) is 26.8. The lowest BCUT2D eigenvalue weighted by Crippen LogP contribution is -2.53. The van der Waals surface area contributed by atoms with Crippen molar-refractivity contribution >= 4 is 12.0 Å². The summed E-state index contributed by atoms with van der Waals surface area (Å²) in [6, 6.07) is -0.179. The number of likely N-dealkylation sites (N-methyl/N-ethyl adjacent to an activating group) is 1. The van der Waals surface area contributed by atoms with Gasteiger partial charge in [0.2, 0.25) is 0 Å². The van der Waals surface area contributed by atoms with E-state index in [-0.39, 0.29) is 24.4 Å². The van der Waals surface area contributed by atoms with Gasteiger partial charge >= 0.3 is 12.0 Å². The Morgan fingerprint density at radius 3 is 2.57 bits per heavy atom. The molecule has 1 heterocycles. The highest BCUT2D eigenvalue weighted by Crippen LogP contribution is 2.25. The fourth-order valence-electron chi connectivity index (χ4n) is 3.56. The molecule has 2 aliphatic rings. The molecule has 6 heteroatoms. The Hall–Kier alpha value is -1.30. The van der Waals surface area contributed by atoms with E-state index in [1.165, 1.54) is 0 Å². The zero-order chi connectivity index (χ0) is 15.4. The van der Waals surface area contributed by atoms with Gasteiger partial charge in [0.15, 0.2) is 0 Å². The lowest BCUT2D eigenvalue weighted by molar-refractivity contribution is -0.138. The van der Waals surface area contributed by atoms with E-state index in [9.17, 15) is 14.7 Å². The predicted octanol–water partition coefficient (Wildman–Crippen LogP) is 1.53. The first-order chi connectivity index (χ1) is 9.99. The second-order valence-corrected chi connectivity index (χ2v) is 6.36. The summed E-state index contributed by atoms with van der Waals surface area (Å²) in [5, 5.41) is 19.0. The molecule has 2 fully saturated rings. The monoisotopic (exact) mass is 298 g/mol. The summed E-state index contributed by atoms with van der Waals surface area (Å²) in [6.45, 7) is 1.19. The number of nitrogens with zero attached hydrogens (tertiary/aromatic N) is 2. The molecule has 0 bridgehead atoms. The molecule has 1 aliphatic heterocycles. The average Bonchev–Trinajstić information content (AvgIpc) is 2.46. The second kappa shape index (κ2) is 7.11. The number of hydrogen-bond acceptors (Lipinski definition) is 3. The number of aliphatic hydroxyl groups is 1. The van der Waals surface area contributed by atoms with Crippen LogP contribution in [0.15, 0.2) is 0 Å². The van der Waals surface area contributed by atoms with Crippen molar-refractivity contribution in [3.8, 4) is 0 Å². The third-order valence-corrected chi connectivity index (χ3v) is 4.75. The summed E-state index contributed by atoms with van der Waals surface area (Å²) in [5.41, 5.74) is 0. The number of carboxylic acids is 1. The standard InChI is InChI=1S/C15H26N2O4/c1-16(12-6-2-3-7-13(12)18)15(21)17-8-4-5-11(10-17)9-14(19)20/h11-13,18H,2-10H2,1H3,(H,19,20). The van der Waals surface area contributed by atoms with Gasteiger partial charge in [-0.05, 0) is 31.6 Å². The number of amides is 2. The van der Waals surface area contributed by atoms with Crippen LogP contribution in [-0.2, 0) is 4.79 Å². The Morgan fingerprint density at radius 1 is 1.19 bits per heavy atom. The van der Waals surface area contributed by atoms with Crippen molar-refractivity contribution in [2.75, 3.05) is 20.1 Å². The smallest absolute Gasteiger partial charge is 0.320 e. The van der Waals surface area contributed by atoms with Crippen LogP contribution in [0.2, 0.25) is 0 Å². The molecular weight excluding hydrogens is 272 g/mol. The zero-order valence-electron chi connectivity index (χ0n) is 12.7. The van der Waals surface area contributed by atoms with Gasteiger partial charge in [0.05, 0.1) is 12.1 Å². The van der Waals surface area contributed by atoms with Crippen LogP contribution < -0.4 is 0 Å². The summed E-state index contributed by atoms with van der Waals surface area (Å²) in [6.07, 6.45) is 5.06. The molecule has 1 aliphatic carbocycles. The number of piperidine rings is 1. The lowest BCUT2D eigenvalue weighted by atomic mass is 9.91. The fraction of sp³-hybridized carbons (Fsp3) is 0.867. The van der Waals surface area contributed by atoms with E-state index in [2.05, 4.69) is 0 Å². The minimum Gasteiger partial charge on any atom is -0.481 e. The van der Waals surface area contributed by atoms with Crippen molar-refractivity contribution in [3.05, 3.63) is 0 Å². The lowest BCUT2D eigenvalue weighted by Gasteiger charge is -2.40. The number of carbonyl (C=O) groups is 2. The number of urea groups is 1. The first-order valence-electron chi connectivity index (χ1n) is 7.90. The van der Waals surface area contributed by atoms with Gasteiger partial charge in [-0.1, -0.05) is 12.8 Å². The number of aliphatic hydroxyl groups excluding tert-OH is 1. The molecule has 120 valence electrons. The molecule has 3 atom stereocenters. The number of aliphatic carboxylic acids is 1. The normalized spacial score (nSPS) is 30.0.